The van der Waals surface area contributed by atoms with Gasteiger partial charge in [-0.15, -0.1) is 0 Å². The lowest BCUT2D eigenvalue weighted by molar-refractivity contribution is -0.136. The monoisotopic (exact) mass is 372 g/mol. The second kappa shape index (κ2) is 9.39. The Balaban J connectivity index is 1.95. The minimum absolute atomic E-state index is 0.0871. The summed E-state index contributed by atoms with van der Waals surface area (Å²) < 4.78 is 0. The minimum atomic E-state index is -0.832. The van der Waals surface area contributed by atoms with Crippen LogP contribution in [0.2, 0.25) is 5.02 Å². The molecule has 0 bridgehead atoms. The lowest BCUT2D eigenvalue weighted by Gasteiger charge is -2.02. The molecule has 0 unspecified atom stereocenters. The van der Waals surface area contributed by atoms with E-state index in [0.717, 1.165) is 11.1 Å². The van der Waals surface area contributed by atoms with Crippen molar-refractivity contribution in [1.82, 2.24) is 5.43 Å². The van der Waals surface area contributed by atoms with Crippen molar-refractivity contribution < 1.29 is 19.8 Å². The number of hydrogen-bond donors (Lipinski definition) is 3. The predicted octanol–water partition coefficient (Wildman–Crippen LogP) is 3.69. The van der Waals surface area contributed by atoms with Crippen LogP contribution in [0.4, 0.5) is 0 Å². The Hall–Kier alpha value is -3.12. The molecule has 6 nitrogen and oxygen atoms in total. The number of phenols is 1. The molecule has 26 heavy (non-hydrogen) atoms. The number of aromatic hydroxyl groups is 1. The van der Waals surface area contributed by atoms with Gasteiger partial charge in [0, 0.05) is 12.0 Å². The molecule has 0 aliphatic rings. The first-order valence-corrected chi connectivity index (χ1v) is 8.14. The van der Waals surface area contributed by atoms with Crippen molar-refractivity contribution in [3.63, 3.8) is 0 Å². The van der Waals surface area contributed by atoms with Crippen LogP contribution < -0.4 is 5.43 Å². The number of phenolic OH excluding ortho intramolecular Hbond substituents is 1. The van der Waals surface area contributed by atoms with Gasteiger partial charge in [0.05, 0.1) is 11.2 Å². The highest BCUT2D eigenvalue weighted by molar-refractivity contribution is 6.32. The Labute approximate surface area is 155 Å². The Bertz CT molecular complexity index is 862. The van der Waals surface area contributed by atoms with Gasteiger partial charge in [-0.2, -0.15) is 5.10 Å². The summed E-state index contributed by atoms with van der Waals surface area (Å²) in [5, 5.41) is 21.9. The molecule has 2 aromatic rings. The first-order valence-electron chi connectivity index (χ1n) is 7.76. The van der Waals surface area contributed by atoms with E-state index in [2.05, 4.69) is 10.5 Å². The standard InChI is InChI=1S/C19H17ClN2O4/c20-16-11-15(8-9-17(16)23)19(26)22-21-12-14-6-3-5-13(10-14)4-1-2-7-18(24)25/h1,3-6,8-12,23H,2,7H2,(H,22,26)(H,24,25)/b4-1+,21-12+. The predicted molar refractivity (Wildman–Crippen MR) is 101 cm³/mol. The highest BCUT2D eigenvalue weighted by Crippen LogP contribution is 2.23. The number of nitrogens with one attached hydrogen (secondary N) is 1. The largest absolute Gasteiger partial charge is 0.506 e. The second-order valence-electron chi connectivity index (χ2n) is 5.37. The van der Waals surface area contributed by atoms with Crippen LogP contribution in [-0.2, 0) is 4.79 Å². The van der Waals surface area contributed by atoms with Crippen molar-refractivity contribution in [1.29, 1.82) is 0 Å². The fourth-order valence-corrected chi connectivity index (χ4v) is 2.23. The molecule has 0 spiro atoms. The van der Waals surface area contributed by atoms with Crippen LogP contribution in [0.25, 0.3) is 6.08 Å². The topological polar surface area (TPSA) is 99.0 Å². The van der Waals surface area contributed by atoms with Crippen LogP contribution in [0.5, 0.6) is 5.75 Å². The third-order valence-electron chi connectivity index (χ3n) is 3.34. The molecule has 0 saturated heterocycles. The number of nitrogens with zero attached hydrogens (tertiary/aromatic N) is 1. The SMILES string of the molecule is O=C(O)CC/C=C/c1cccc(/C=N/NC(=O)c2ccc(O)c(Cl)c2)c1. The summed E-state index contributed by atoms with van der Waals surface area (Å²) in [4.78, 5) is 22.4. The first kappa shape index (κ1) is 19.2. The van der Waals surface area contributed by atoms with E-state index in [4.69, 9.17) is 16.7 Å². The van der Waals surface area contributed by atoms with Crippen LogP contribution in [0.15, 0.2) is 53.6 Å². The third-order valence-corrected chi connectivity index (χ3v) is 3.64. The van der Waals surface area contributed by atoms with Gasteiger partial charge in [-0.3, -0.25) is 9.59 Å². The number of aliphatic carboxylic acids is 1. The van der Waals surface area contributed by atoms with E-state index in [1.807, 2.05) is 30.3 Å². The summed E-state index contributed by atoms with van der Waals surface area (Å²) in [6.07, 6.45) is 5.66. The van der Waals surface area contributed by atoms with Gasteiger partial charge in [0.25, 0.3) is 5.91 Å². The van der Waals surface area contributed by atoms with Gasteiger partial charge in [0.2, 0.25) is 0 Å². The number of benzene rings is 2. The maximum absolute atomic E-state index is 12.0. The molecule has 2 rings (SSSR count). The van der Waals surface area contributed by atoms with Crippen LogP contribution in [0, 0.1) is 0 Å². The van der Waals surface area contributed by atoms with Gasteiger partial charge >= 0.3 is 5.97 Å². The molecule has 7 heteroatoms. The number of rotatable bonds is 7. The van der Waals surface area contributed by atoms with Crippen LogP contribution in [0.1, 0.15) is 34.3 Å². The van der Waals surface area contributed by atoms with E-state index in [1.165, 1.54) is 24.4 Å². The molecule has 0 heterocycles. The van der Waals surface area contributed by atoms with Crippen LogP contribution >= 0.6 is 11.6 Å². The summed E-state index contributed by atoms with van der Waals surface area (Å²) in [6, 6.07) is 11.5. The summed E-state index contributed by atoms with van der Waals surface area (Å²) >= 11 is 5.77. The maximum atomic E-state index is 12.0. The molecule has 3 N–H and O–H groups in total. The lowest BCUT2D eigenvalue weighted by Crippen LogP contribution is -2.17. The molecule has 134 valence electrons. The molecule has 0 aliphatic carbocycles. The number of carbonyl (C=O) groups is 2. The Morgan fingerprint density at radius 3 is 2.65 bits per heavy atom. The zero-order chi connectivity index (χ0) is 18.9. The fraction of sp³-hybridized carbons (Fsp3) is 0.105. The summed E-state index contributed by atoms with van der Waals surface area (Å²) in [5.41, 5.74) is 4.33. The molecule has 1 amide bonds. The van der Waals surface area contributed by atoms with Gasteiger partial charge < -0.3 is 10.2 Å². The molecular formula is C19H17ClN2O4. The fourth-order valence-electron chi connectivity index (χ4n) is 2.05. The van der Waals surface area contributed by atoms with E-state index in [9.17, 15) is 14.7 Å². The number of hydrogen-bond acceptors (Lipinski definition) is 4. The normalized spacial score (nSPS) is 11.1. The maximum Gasteiger partial charge on any atom is 0.303 e. The van der Waals surface area contributed by atoms with Crippen molar-refractivity contribution in [2.45, 2.75) is 12.8 Å². The Morgan fingerprint density at radius 2 is 1.92 bits per heavy atom. The van der Waals surface area contributed by atoms with Gasteiger partial charge in [-0.25, -0.2) is 5.43 Å². The number of halogens is 1. The first-order chi connectivity index (χ1) is 12.5. The van der Waals surface area contributed by atoms with Gasteiger partial charge in [0.15, 0.2) is 0 Å². The minimum Gasteiger partial charge on any atom is -0.506 e. The average Bonchev–Trinajstić information content (AvgIpc) is 2.61. The van der Waals surface area contributed by atoms with E-state index >= 15 is 0 Å². The smallest absolute Gasteiger partial charge is 0.303 e. The van der Waals surface area contributed by atoms with Crippen LogP contribution in [0.3, 0.4) is 0 Å². The van der Waals surface area contributed by atoms with E-state index in [0.29, 0.717) is 6.42 Å². The molecule has 0 fully saturated rings. The Kier molecular flexibility index (Phi) is 6.93. The number of amides is 1. The van der Waals surface area contributed by atoms with Gasteiger partial charge in [-0.1, -0.05) is 42.0 Å². The number of allylic oxidation sites excluding steroid dienone is 1. The summed E-state index contributed by atoms with van der Waals surface area (Å²) in [5.74, 6) is -1.38. The number of carboxylic acids is 1. The highest BCUT2D eigenvalue weighted by Gasteiger charge is 2.07. The zero-order valence-electron chi connectivity index (χ0n) is 13.7. The van der Waals surface area contributed by atoms with Gasteiger partial charge in [0.1, 0.15) is 5.75 Å². The van der Waals surface area contributed by atoms with Gasteiger partial charge in [-0.05, 0) is 41.8 Å². The number of carbonyl (C=O) groups excluding carboxylic acids is 1. The molecule has 2 aromatic carbocycles. The van der Waals surface area contributed by atoms with Crippen LogP contribution in [-0.4, -0.2) is 28.3 Å². The number of hydrazone groups is 1. The molecule has 0 aliphatic heterocycles. The van der Waals surface area contributed by atoms with Crippen molar-refractivity contribution in [3.05, 3.63) is 70.3 Å². The highest BCUT2D eigenvalue weighted by atomic mass is 35.5. The summed E-state index contributed by atoms with van der Waals surface area (Å²) in [7, 11) is 0. The van der Waals surface area contributed by atoms with E-state index < -0.39 is 11.9 Å². The zero-order valence-corrected chi connectivity index (χ0v) is 14.5. The quantitative estimate of drug-likeness (QED) is 0.510. The van der Waals surface area contributed by atoms with Crippen molar-refractivity contribution >= 4 is 35.8 Å². The molecule has 0 aromatic heterocycles. The molecular weight excluding hydrogens is 356 g/mol. The van der Waals surface area contributed by atoms with E-state index in [1.54, 1.807) is 6.08 Å². The van der Waals surface area contributed by atoms with Crippen molar-refractivity contribution in [2.75, 3.05) is 0 Å². The van der Waals surface area contributed by atoms with Crippen molar-refractivity contribution in [2.24, 2.45) is 5.10 Å². The lowest BCUT2D eigenvalue weighted by atomic mass is 10.1. The number of carboxylic acid groups (broad SMARTS) is 1. The molecule has 0 radical (unpaired) electrons. The van der Waals surface area contributed by atoms with Crippen molar-refractivity contribution in [3.8, 4) is 5.75 Å². The second-order valence-corrected chi connectivity index (χ2v) is 5.78. The average molecular weight is 373 g/mol. The molecule has 0 saturated carbocycles. The Morgan fingerprint density at radius 1 is 1.15 bits per heavy atom. The van der Waals surface area contributed by atoms with E-state index in [-0.39, 0.29) is 22.8 Å². The third kappa shape index (κ3) is 6.07. The summed E-state index contributed by atoms with van der Waals surface area (Å²) in [6.45, 7) is 0. The molecule has 0 atom stereocenters.